The predicted octanol–water partition coefficient (Wildman–Crippen LogP) is 0.260. The van der Waals surface area contributed by atoms with Crippen LogP contribution in [-0.4, -0.2) is 33.4 Å². The molecule has 80 valence electrons. The van der Waals surface area contributed by atoms with Crippen LogP contribution in [0.1, 0.15) is 0 Å². The molecule has 5 N–H and O–H groups in total. The van der Waals surface area contributed by atoms with E-state index < -0.39 is 0 Å². The molecule has 0 saturated heterocycles. The minimum absolute atomic E-state index is 0.0408. The standard InChI is InChI=1S/C9H12N4O2/c10-7-1-2-8(11-3-4-14)6-5-12-13(15)9(6)7/h1-2,5,11,14-15H,3-4,10H2. The molecule has 2 aromatic rings. The minimum Gasteiger partial charge on any atom is -0.411 e. The summed E-state index contributed by atoms with van der Waals surface area (Å²) in [5.74, 6) is 0. The van der Waals surface area contributed by atoms with Crippen molar-refractivity contribution in [3.63, 3.8) is 0 Å². The number of aliphatic hydroxyl groups excluding tert-OH is 1. The number of rotatable bonds is 3. The Morgan fingerprint density at radius 2 is 2.27 bits per heavy atom. The van der Waals surface area contributed by atoms with Gasteiger partial charge < -0.3 is 21.4 Å². The summed E-state index contributed by atoms with van der Waals surface area (Å²) in [6.45, 7) is 0.481. The molecule has 15 heavy (non-hydrogen) atoms. The van der Waals surface area contributed by atoms with Crippen molar-refractivity contribution in [2.75, 3.05) is 24.2 Å². The third kappa shape index (κ3) is 1.55. The summed E-state index contributed by atoms with van der Waals surface area (Å²) in [6.07, 6.45) is 1.52. The van der Waals surface area contributed by atoms with Gasteiger partial charge in [0.2, 0.25) is 0 Å². The molecule has 0 amide bonds. The van der Waals surface area contributed by atoms with Crippen molar-refractivity contribution in [3.8, 4) is 0 Å². The Morgan fingerprint density at radius 1 is 1.47 bits per heavy atom. The molecule has 0 unspecified atom stereocenters. The van der Waals surface area contributed by atoms with Crippen LogP contribution < -0.4 is 11.1 Å². The van der Waals surface area contributed by atoms with Gasteiger partial charge in [-0.3, -0.25) is 0 Å². The molecule has 0 spiro atoms. The lowest BCUT2D eigenvalue weighted by molar-refractivity contribution is 0.161. The van der Waals surface area contributed by atoms with Crippen molar-refractivity contribution in [1.29, 1.82) is 0 Å². The Labute approximate surface area is 85.9 Å². The lowest BCUT2D eigenvalue weighted by Gasteiger charge is -2.06. The van der Waals surface area contributed by atoms with E-state index in [0.29, 0.717) is 17.7 Å². The SMILES string of the molecule is Nc1ccc(NCCO)c2cnn(O)c12. The Balaban J connectivity index is 2.52. The van der Waals surface area contributed by atoms with Gasteiger partial charge in [-0.2, -0.15) is 0 Å². The number of nitrogens with two attached hydrogens (primary N) is 1. The van der Waals surface area contributed by atoms with Gasteiger partial charge in [0.25, 0.3) is 0 Å². The van der Waals surface area contributed by atoms with Crippen LogP contribution in [0.4, 0.5) is 11.4 Å². The number of aliphatic hydroxyl groups is 1. The lowest BCUT2D eigenvalue weighted by Crippen LogP contribution is -2.06. The van der Waals surface area contributed by atoms with E-state index in [4.69, 9.17) is 10.8 Å². The maximum Gasteiger partial charge on any atom is 0.135 e. The molecule has 0 atom stereocenters. The molecule has 0 saturated carbocycles. The molecule has 0 radical (unpaired) electrons. The Kier molecular flexibility index (Phi) is 2.34. The van der Waals surface area contributed by atoms with Crippen LogP contribution in [0.5, 0.6) is 0 Å². The van der Waals surface area contributed by atoms with Crippen molar-refractivity contribution < 1.29 is 10.3 Å². The zero-order valence-electron chi connectivity index (χ0n) is 8.01. The van der Waals surface area contributed by atoms with Crippen LogP contribution in [0.15, 0.2) is 18.3 Å². The highest BCUT2D eigenvalue weighted by Crippen LogP contribution is 2.27. The van der Waals surface area contributed by atoms with E-state index in [0.717, 1.165) is 15.9 Å². The number of benzene rings is 1. The zero-order chi connectivity index (χ0) is 10.8. The van der Waals surface area contributed by atoms with Crippen molar-refractivity contribution in [3.05, 3.63) is 18.3 Å². The predicted molar refractivity (Wildman–Crippen MR) is 56.9 cm³/mol. The second-order valence-electron chi connectivity index (χ2n) is 3.15. The maximum atomic E-state index is 9.39. The first-order valence-electron chi connectivity index (χ1n) is 4.54. The van der Waals surface area contributed by atoms with Crippen LogP contribution in [0.3, 0.4) is 0 Å². The number of nitrogens with one attached hydrogen (secondary N) is 1. The number of hydrogen-bond donors (Lipinski definition) is 4. The van der Waals surface area contributed by atoms with E-state index in [1.807, 2.05) is 0 Å². The van der Waals surface area contributed by atoms with Gasteiger partial charge in [0.15, 0.2) is 0 Å². The van der Waals surface area contributed by atoms with Gasteiger partial charge in [-0.1, -0.05) is 4.85 Å². The Hall–Kier alpha value is -1.95. The maximum absolute atomic E-state index is 9.39. The van der Waals surface area contributed by atoms with Crippen molar-refractivity contribution >= 4 is 22.3 Å². The summed E-state index contributed by atoms with van der Waals surface area (Å²) in [7, 11) is 0. The van der Waals surface area contributed by atoms with Gasteiger partial charge in [0.1, 0.15) is 5.52 Å². The number of aromatic nitrogens is 2. The fourth-order valence-corrected chi connectivity index (χ4v) is 1.49. The summed E-state index contributed by atoms with van der Waals surface area (Å²) in [5.41, 5.74) is 7.41. The summed E-state index contributed by atoms with van der Waals surface area (Å²) in [5, 5.41) is 25.5. The van der Waals surface area contributed by atoms with Crippen LogP contribution in [-0.2, 0) is 0 Å². The first-order chi connectivity index (χ1) is 7.24. The third-order valence-electron chi connectivity index (χ3n) is 2.17. The fraction of sp³-hybridized carbons (Fsp3) is 0.222. The molecule has 1 heterocycles. The number of nitrogens with zero attached hydrogens (tertiary/aromatic N) is 2. The zero-order valence-corrected chi connectivity index (χ0v) is 8.01. The number of nitrogen functional groups attached to an aromatic ring is 1. The average molecular weight is 208 g/mol. The largest absolute Gasteiger partial charge is 0.411 e. The van der Waals surface area contributed by atoms with Gasteiger partial charge in [0.05, 0.1) is 18.5 Å². The van der Waals surface area contributed by atoms with E-state index in [-0.39, 0.29) is 6.61 Å². The van der Waals surface area contributed by atoms with E-state index >= 15 is 0 Å². The lowest BCUT2D eigenvalue weighted by atomic mass is 10.2. The molecule has 0 fully saturated rings. The monoisotopic (exact) mass is 208 g/mol. The quantitative estimate of drug-likeness (QED) is 0.428. The summed E-state index contributed by atoms with van der Waals surface area (Å²) < 4.78 is 0. The fourth-order valence-electron chi connectivity index (χ4n) is 1.49. The smallest absolute Gasteiger partial charge is 0.135 e. The highest BCUT2D eigenvalue weighted by molar-refractivity contribution is 5.98. The van der Waals surface area contributed by atoms with E-state index in [9.17, 15) is 5.21 Å². The normalized spacial score (nSPS) is 10.7. The van der Waals surface area contributed by atoms with Gasteiger partial charge >= 0.3 is 0 Å². The van der Waals surface area contributed by atoms with Crippen LogP contribution in [0.2, 0.25) is 0 Å². The molecule has 2 rings (SSSR count). The number of hydrogen-bond acceptors (Lipinski definition) is 5. The Bertz CT molecular complexity index is 480. The summed E-state index contributed by atoms with van der Waals surface area (Å²) in [4.78, 5) is 0.745. The molecule has 0 aliphatic carbocycles. The van der Waals surface area contributed by atoms with E-state index in [1.54, 1.807) is 12.1 Å². The highest BCUT2D eigenvalue weighted by Gasteiger charge is 2.09. The van der Waals surface area contributed by atoms with E-state index in [1.165, 1.54) is 6.20 Å². The summed E-state index contributed by atoms with van der Waals surface area (Å²) >= 11 is 0. The van der Waals surface area contributed by atoms with Crippen LogP contribution >= 0.6 is 0 Å². The molecule has 0 aliphatic rings. The molecule has 6 nitrogen and oxygen atoms in total. The molecule has 0 aliphatic heterocycles. The van der Waals surface area contributed by atoms with Crippen LogP contribution in [0.25, 0.3) is 10.9 Å². The van der Waals surface area contributed by atoms with Crippen molar-refractivity contribution in [2.45, 2.75) is 0 Å². The molecule has 1 aromatic carbocycles. The average Bonchev–Trinajstić information content (AvgIpc) is 2.61. The van der Waals surface area contributed by atoms with Gasteiger partial charge in [-0.25, -0.2) is 0 Å². The molecular formula is C9H12N4O2. The van der Waals surface area contributed by atoms with Gasteiger partial charge in [-0.05, 0) is 12.1 Å². The van der Waals surface area contributed by atoms with E-state index in [2.05, 4.69) is 10.4 Å². The second-order valence-corrected chi connectivity index (χ2v) is 3.15. The number of fused-ring (bicyclic) bond motifs is 1. The number of anilines is 2. The van der Waals surface area contributed by atoms with Crippen molar-refractivity contribution in [2.24, 2.45) is 0 Å². The molecule has 1 aromatic heterocycles. The first-order valence-corrected chi connectivity index (χ1v) is 4.54. The molecule has 6 heteroatoms. The summed E-state index contributed by atoms with van der Waals surface area (Å²) in [6, 6.07) is 3.46. The topological polar surface area (TPSA) is 96.3 Å². The third-order valence-corrected chi connectivity index (χ3v) is 2.17. The van der Waals surface area contributed by atoms with Gasteiger partial charge in [-0.15, -0.1) is 5.10 Å². The molecule has 0 bridgehead atoms. The van der Waals surface area contributed by atoms with Gasteiger partial charge in [0, 0.05) is 17.6 Å². The van der Waals surface area contributed by atoms with Crippen LogP contribution in [0, 0.1) is 0 Å². The second kappa shape index (κ2) is 3.66. The Morgan fingerprint density at radius 3 is 3.00 bits per heavy atom. The first kappa shape index (κ1) is 9.60. The molecular weight excluding hydrogens is 196 g/mol. The highest BCUT2D eigenvalue weighted by atomic mass is 16.5. The minimum atomic E-state index is 0.0408. The van der Waals surface area contributed by atoms with Crippen molar-refractivity contribution in [1.82, 2.24) is 9.94 Å².